The minimum Gasteiger partial charge on any atom is -0.495 e. The zero-order chi connectivity index (χ0) is 20.0. The molecular weight excluding hydrogens is 374 g/mol. The summed E-state index contributed by atoms with van der Waals surface area (Å²) in [6.07, 6.45) is 0.0881. The Morgan fingerprint density at radius 3 is 1.85 bits per heavy atom. The number of carbonyl (C=O) groups excluding carboxylic acids is 1. The lowest BCUT2D eigenvalue weighted by molar-refractivity contribution is -0.115. The number of hydrogen-bond donors (Lipinski definition) is 1. The molecule has 0 spiro atoms. The maximum absolute atomic E-state index is 12.5. The summed E-state index contributed by atoms with van der Waals surface area (Å²) in [5.41, 5.74) is 1.15. The van der Waals surface area contributed by atoms with E-state index in [0.717, 1.165) is 0 Å². The maximum atomic E-state index is 12.5. The summed E-state index contributed by atoms with van der Waals surface area (Å²) < 4.78 is 26.4. The number of nitrogens with one attached hydrogen (secondary N) is 1. The number of carbonyl (C=O) groups is 1. The summed E-state index contributed by atoms with van der Waals surface area (Å²) >= 11 is 6.08. The Kier molecular flexibility index (Phi) is 7.01. The first kappa shape index (κ1) is 20.5. The molecule has 7 nitrogen and oxygen atoms in total. The number of halogens is 1. The van der Waals surface area contributed by atoms with Crippen LogP contribution in [0.15, 0.2) is 24.3 Å². The first-order valence-corrected chi connectivity index (χ1v) is 8.35. The number of amides is 1. The van der Waals surface area contributed by atoms with Gasteiger partial charge >= 0.3 is 0 Å². The monoisotopic (exact) mass is 395 g/mol. The molecule has 0 saturated carbocycles. The third-order valence-corrected chi connectivity index (χ3v) is 4.13. The van der Waals surface area contributed by atoms with E-state index in [9.17, 15) is 4.79 Å². The van der Waals surface area contributed by atoms with E-state index >= 15 is 0 Å². The highest BCUT2D eigenvalue weighted by Crippen LogP contribution is 2.39. The molecule has 8 heteroatoms. The van der Waals surface area contributed by atoms with E-state index < -0.39 is 0 Å². The number of hydrogen-bond acceptors (Lipinski definition) is 6. The van der Waals surface area contributed by atoms with Crippen LogP contribution in [0.1, 0.15) is 5.56 Å². The molecule has 2 rings (SSSR count). The molecule has 146 valence electrons. The molecule has 0 saturated heterocycles. The van der Waals surface area contributed by atoms with Crippen LogP contribution < -0.4 is 29.0 Å². The van der Waals surface area contributed by atoms with Crippen LogP contribution in [0.3, 0.4) is 0 Å². The van der Waals surface area contributed by atoms with Gasteiger partial charge in [-0.25, -0.2) is 0 Å². The summed E-state index contributed by atoms with van der Waals surface area (Å²) in [7, 11) is 7.55. The molecule has 0 aliphatic carbocycles. The van der Waals surface area contributed by atoms with E-state index in [2.05, 4.69) is 5.32 Å². The van der Waals surface area contributed by atoms with E-state index in [0.29, 0.717) is 45.0 Å². The van der Waals surface area contributed by atoms with Crippen LogP contribution in [-0.4, -0.2) is 41.5 Å². The lowest BCUT2D eigenvalue weighted by Crippen LogP contribution is -2.15. The van der Waals surface area contributed by atoms with Crippen molar-refractivity contribution in [3.8, 4) is 28.7 Å². The van der Waals surface area contributed by atoms with Gasteiger partial charge in [-0.2, -0.15) is 0 Å². The zero-order valence-electron chi connectivity index (χ0n) is 15.8. The average Bonchev–Trinajstić information content (AvgIpc) is 2.67. The molecule has 0 aliphatic rings. The third-order valence-electron chi connectivity index (χ3n) is 3.84. The molecule has 0 unspecified atom stereocenters. The predicted octanol–water partition coefficient (Wildman–Crippen LogP) is 3.56. The Morgan fingerprint density at radius 1 is 0.815 bits per heavy atom. The third kappa shape index (κ3) is 4.68. The second-order valence-electron chi connectivity index (χ2n) is 5.45. The van der Waals surface area contributed by atoms with Crippen LogP contribution in [0.25, 0.3) is 0 Å². The molecule has 0 bridgehead atoms. The topological polar surface area (TPSA) is 75.3 Å². The van der Waals surface area contributed by atoms with E-state index in [1.165, 1.54) is 35.5 Å². The summed E-state index contributed by atoms with van der Waals surface area (Å²) in [6, 6.07) is 6.63. The van der Waals surface area contributed by atoms with Crippen molar-refractivity contribution >= 4 is 23.2 Å². The Balaban J connectivity index is 2.26. The maximum Gasteiger partial charge on any atom is 0.228 e. The van der Waals surface area contributed by atoms with Crippen LogP contribution in [0.2, 0.25) is 5.02 Å². The van der Waals surface area contributed by atoms with Gasteiger partial charge in [-0.15, -0.1) is 0 Å². The van der Waals surface area contributed by atoms with Gasteiger partial charge in [0.15, 0.2) is 11.5 Å². The fourth-order valence-electron chi connectivity index (χ4n) is 2.58. The highest BCUT2D eigenvalue weighted by atomic mass is 35.5. The lowest BCUT2D eigenvalue weighted by atomic mass is 10.1. The molecule has 0 radical (unpaired) electrons. The molecule has 0 heterocycles. The molecular formula is C19H22ClNO6. The summed E-state index contributed by atoms with van der Waals surface area (Å²) in [4.78, 5) is 12.5. The largest absolute Gasteiger partial charge is 0.495 e. The Hall–Kier alpha value is -2.80. The standard InChI is InChI=1S/C19H22ClNO6/c1-23-14-10-13(15(24-2)9-12(14)20)21-18(22)8-11-6-16(25-3)19(27-5)17(7-11)26-4/h6-7,9-10H,8H2,1-5H3,(H,21,22). The van der Waals surface area contributed by atoms with Gasteiger partial charge in [-0.05, 0) is 17.7 Å². The molecule has 0 aromatic heterocycles. The van der Waals surface area contributed by atoms with Gasteiger partial charge in [0.1, 0.15) is 11.5 Å². The van der Waals surface area contributed by atoms with Crippen molar-refractivity contribution in [2.24, 2.45) is 0 Å². The number of benzene rings is 2. The second kappa shape index (κ2) is 9.23. The number of anilines is 1. The van der Waals surface area contributed by atoms with Gasteiger partial charge in [0.05, 0.1) is 52.7 Å². The molecule has 2 aromatic carbocycles. The average molecular weight is 396 g/mol. The fraction of sp³-hybridized carbons (Fsp3) is 0.316. The highest BCUT2D eigenvalue weighted by Gasteiger charge is 2.17. The first-order chi connectivity index (χ1) is 13.0. The van der Waals surface area contributed by atoms with Crippen molar-refractivity contribution in [2.75, 3.05) is 40.9 Å². The van der Waals surface area contributed by atoms with Crippen molar-refractivity contribution in [1.29, 1.82) is 0 Å². The molecule has 0 fully saturated rings. The van der Waals surface area contributed by atoms with Crippen LogP contribution in [0.4, 0.5) is 5.69 Å². The lowest BCUT2D eigenvalue weighted by Gasteiger charge is -2.15. The van der Waals surface area contributed by atoms with Gasteiger partial charge in [0, 0.05) is 12.1 Å². The van der Waals surface area contributed by atoms with Crippen LogP contribution in [0.5, 0.6) is 28.7 Å². The Labute approximate surface area is 163 Å². The molecule has 2 aromatic rings. The van der Waals surface area contributed by atoms with Crippen molar-refractivity contribution in [3.63, 3.8) is 0 Å². The SMILES string of the molecule is COc1cc(NC(=O)Cc2cc(OC)c(OC)c(OC)c2)c(OC)cc1Cl. The molecule has 0 aliphatic heterocycles. The highest BCUT2D eigenvalue weighted by molar-refractivity contribution is 6.32. The molecule has 0 atom stereocenters. The van der Waals surface area contributed by atoms with Crippen molar-refractivity contribution < 1.29 is 28.5 Å². The van der Waals surface area contributed by atoms with Gasteiger partial charge in [-0.3, -0.25) is 4.79 Å². The fourth-order valence-corrected chi connectivity index (χ4v) is 2.81. The molecule has 1 N–H and O–H groups in total. The van der Waals surface area contributed by atoms with E-state index in [1.807, 2.05) is 0 Å². The molecule has 27 heavy (non-hydrogen) atoms. The van der Waals surface area contributed by atoms with E-state index in [1.54, 1.807) is 24.3 Å². The van der Waals surface area contributed by atoms with Crippen LogP contribution in [-0.2, 0) is 11.2 Å². The second-order valence-corrected chi connectivity index (χ2v) is 5.85. The van der Waals surface area contributed by atoms with Crippen LogP contribution >= 0.6 is 11.6 Å². The minimum atomic E-state index is -0.257. The smallest absolute Gasteiger partial charge is 0.228 e. The van der Waals surface area contributed by atoms with Gasteiger partial charge in [0.25, 0.3) is 0 Å². The predicted molar refractivity (Wildman–Crippen MR) is 103 cm³/mol. The minimum absolute atomic E-state index is 0.0881. The first-order valence-electron chi connectivity index (χ1n) is 7.97. The zero-order valence-corrected chi connectivity index (χ0v) is 16.6. The quantitative estimate of drug-likeness (QED) is 0.736. The van der Waals surface area contributed by atoms with E-state index in [-0.39, 0.29) is 12.3 Å². The van der Waals surface area contributed by atoms with Gasteiger partial charge < -0.3 is 29.0 Å². The van der Waals surface area contributed by atoms with Crippen molar-refractivity contribution in [2.45, 2.75) is 6.42 Å². The van der Waals surface area contributed by atoms with Crippen molar-refractivity contribution in [1.82, 2.24) is 0 Å². The Bertz CT molecular complexity index is 799. The van der Waals surface area contributed by atoms with Gasteiger partial charge in [0.2, 0.25) is 11.7 Å². The summed E-state index contributed by atoms with van der Waals surface area (Å²) in [5.74, 6) is 2.02. The summed E-state index contributed by atoms with van der Waals surface area (Å²) in [6.45, 7) is 0. The number of methoxy groups -OCH3 is 5. The normalized spacial score (nSPS) is 10.1. The van der Waals surface area contributed by atoms with Gasteiger partial charge in [-0.1, -0.05) is 11.6 Å². The molecule has 1 amide bonds. The Morgan fingerprint density at radius 2 is 1.37 bits per heavy atom. The van der Waals surface area contributed by atoms with Crippen molar-refractivity contribution in [3.05, 3.63) is 34.9 Å². The number of rotatable bonds is 8. The summed E-state index contributed by atoms with van der Waals surface area (Å²) in [5, 5.41) is 3.19. The van der Waals surface area contributed by atoms with E-state index in [4.69, 9.17) is 35.3 Å². The number of ether oxygens (including phenoxy) is 5. The van der Waals surface area contributed by atoms with Crippen LogP contribution in [0, 0.1) is 0 Å².